The van der Waals surface area contributed by atoms with Crippen molar-refractivity contribution in [1.29, 1.82) is 0 Å². The zero-order valence-corrected chi connectivity index (χ0v) is 20.6. The average molecular weight is 479 g/mol. The number of rotatable bonds is 10. The summed E-state index contributed by atoms with van der Waals surface area (Å²) in [4.78, 5) is 28.3. The minimum absolute atomic E-state index is 0.171. The van der Waals surface area contributed by atoms with Gasteiger partial charge in [0, 0.05) is 24.5 Å². The molecule has 0 aliphatic heterocycles. The maximum Gasteiger partial charge on any atom is 0.261 e. The number of nitrogens with one attached hydrogen (secondary N) is 1. The van der Waals surface area contributed by atoms with Gasteiger partial charge in [-0.3, -0.25) is 9.59 Å². The minimum atomic E-state index is -0.698. The SMILES string of the molecule is CCNC(=O)C(Cc1ccccc1)N(Cc1cccc(Cl)c1)C(=O)COc1cc(C)ccc1C. The van der Waals surface area contributed by atoms with Crippen molar-refractivity contribution in [2.24, 2.45) is 0 Å². The molecule has 5 nitrogen and oxygen atoms in total. The summed E-state index contributed by atoms with van der Waals surface area (Å²) in [5.41, 5.74) is 3.81. The summed E-state index contributed by atoms with van der Waals surface area (Å²) < 4.78 is 5.91. The maximum atomic E-state index is 13.5. The van der Waals surface area contributed by atoms with Crippen LogP contribution in [-0.2, 0) is 22.6 Å². The van der Waals surface area contributed by atoms with E-state index in [0.717, 1.165) is 22.3 Å². The molecule has 0 radical (unpaired) electrons. The highest BCUT2D eigenvalue weighted by Gasteiger charge is 2.30. The van der Waals surface area contributed by atoms with E-state index in [1.54, 1.807) is 11.0 Å². The number of halogens is 1. The highest BCUT2D eigenvalue weighted by molar-refractivity contribution is 6.30. The lowest BCUT2D eigenvalue weighted by Crippen LogP contribution is -2.51. The number of carbonyl (C=O) groups is 2. The van der Waals surface area contributed by atoms with Gasteiger partial charge >= 0.3 is 0 Å². The van der Waals surface area contributed by atoms with Crippen LogP contribution in [0.5, 0.6) is 5.75 Å². The van der Waals surface area contributed by atoms with Crippen LogP contribution >= 0.6 is 11.6 Å². The molecule has 1 N–H and O–H groups in total. The molecule has 0 aliphatic carbocycles. The van der Waals surface area contributed by atoms with Gasteiger partial charge < -0.3 is 15.0 Å². The first-order chi connectivity index (χ1) is 16.4. The van der Waals surface area contributed by atoms with Gasteiger partial charge in [0.1, 0.15) is 11.8 Å². The van der Waals surface area contributed by atoms with Crippen molar-refractivity contribution in [2.75, 3.05) is 13.2 Å². The number of hydrogen-bond donors (Lipinski definition) is 1. The summed E-state index contributed by atoms with van der Waals surface area (Å²) >= 11 is 6.20. The van der Waals surface area contributed by atoms with Crippen molar-refractivity contribution >= 4 is 23.4 Å². The molecule has 1 atom stereocenters. The quantitative estimate of drug-likeness (QED) is 0.440. The predicted molar refractivity (Wildman–Crippen MR) is 136 cm³/mol. The fourth-order valence-electron chi connectivity index (χ4n) is 3.76. The Labute approximate surface area is 206 Å². The van der Waals surface area contributed by atoms with Gasteiger partial charge in [0.25, 0.3) is 5.91 Å². The van der Waals surface area contributed by atoms with E-state index in [4.69, 9.17) is 16.3 Å². The van der Waals surface area contributed by atoms with E-state index in [1.165, 1.54) is 0 Å². The maximum absolute atomic E-state index is 13.5. The van der Waals surface area contributed by atoms with Gasteiger partial charge in [0.2, 0.25) is 5.91 Å². The number of aryl methyl sites for hydroxylation is 2. The third-order valence-corrected chi connectivity index (χ3v) is 5.79. The lowest BCUT2D eigenvalue weighted by molar-refractivity contribution is -0.142. The molecule has 2 amide bonds. The van der Waals surface area contributed by atoms with Crippen LogP contribution in [0, 0.1) is 13.8 Å². The Morgan fingerprint density at radius 1 is 0.971 bits per heavy atom. The normalized spacial score (nSPS) is 11.5. The molecule has 0 saturated heterocycles. The number of likely N-dealkylation sites (N-methyl/N-ethyl adjacent to an activating group) is 1. The van der Waals surface area contributed by atoms with Crippen LogP contribution in [0.3, 0.4) is 0 Å². The molecule has 178 valence electrons. The van der Waals surface area contributed by atoms with Crippen molar-refractivity contribution in [2.45, 2.75) is 39.8 Å². The first kappa shape index (κ1) is 25.3. The number of carbonyl (C=O) groups excluding carboxylic acids is 2. The monoisotopic (exact) mass is 478 g/mol. The Kier molecular flexibility index (Phi) is 9.11. The Morgan fingerprint density at radius 2 is 1.71 bits per heavy atom. The van der Waals surface area contributed by atoms with E-state index in [-0.39, 0.29) is 25.0 Å². The van der Waals surface area contributed by atoms with Gasteiger partial charge in [-0.25, -0.2) is 0 Å². The summed E-state index contributed by atoms with van der Waals surface area (Å²) in [5.74, 6) is 0.190. The van der Waals surface area contributed by atoms with E-state index in [9.17, 15) is 9.59 Å². The second-order valence-electron chi connectivity index (χ2n) is 8.31. The van der Waals surface area contributed by atoms with Crippen LogP contribution in [0.25, 0.3) is 0 Å². The van der Waals surface area contributed by atoms with Crippen LogP contribution < -0.4 is 10.1 Å². The Bertz CT molecular complexity index is 1120. The van der Waals surface area contributed by atoms with E-state index < -0.39 is 6.04 Å². The molecule has 3 aromatic rings. The first-order valence-corrected chi connectivity index (χ1v) is 11.8. The molecule has 3 aromatic carbocycles. The number of nitrogens with zero attached hydrogens (tertiary/aromatic N) is 1. The fraction of sp³-hybridized carbons (Fsp3) is 0.286. The van der Waals surface area contributed by atoms with Crippen molar-refractivity contribution in [3.8, 4) is 5.75 Å². The lowest BCUT2D eigenvalue weighted by Gasteiger charge is -2.31. The van der Waals surface area contributed by atoms with E-state index >= 15 is 0 Å². The van der Waals surface area contributed by atoms with Crippen molar-refractivity contribution in [3.63, 3.8) is 0 Å². The molecule has 0 saturated carbocycles. The second kappa shape index (κ2) is 12.2. The topological polar surface area (TPSA) is 58.6 Å². The van der Waals surface area contributed by atoms with E-state index in [0.29, 0.717) is 23.7 Å². The summed E-state index contributed by atoms with van der Waals surface area (Å²) in [6.07, 6.45) is 0.391. The zero-order valence-electron chi connectivity index (χ0n) is 19.9. The third kappa shape index (κ3) is 7.09. The van der Waals surface area contributed by atoms with Crippen LogP contribution in [-0.4, -0.2) is 35.9 Å². The summed E-state index contributed by atoms with van der Waals surface area (Å²) in [7, 11) is 0. The largest absolute Gasteiger partial charge is 0.483 e. The molecule has 3 rings (SSSR count). The summed E-state index contributed by atoms with van der Waals surface area (Å²) in [6, 6.07) is 22.2. The minimum Gasteiger partial charge on any atom is -0.483 e. The van der Waals surface area contributed by atoms with Gasteiger partial charge in [-0.1, -0.05) is 66.2 Å². The Balaban J connectivity index is 1.91. The Morgan fingerprint density at radius 3 is 2.41 bits per heavy atom. The van der Waals surface area contributed by atoms with E-state index in [2.05, 4.69) is 5.32 Å². The van der Waals surface area contributed by atoms with Gasteiger partial charge in [-0.2, -0.15) is 0 Å². The number of ether oxygens (including phenoxy) is 1. The molecule has 0 heterocycles. The van der Waals surface area contributed by atoms with Crippen molar-refractivity contribution in [1.82, 2.24) is 10.2 Å². The lowest BCUT2D eigenvalue weighted by atomic mass is 10.0. The van der Waals surface area contributed by atoms with Gasteiger partial charge in [-0.05, 0) is 61.2 Å². The van der Waals surface area contributed by atoms with Crippen molar-refractivity contribution < 1.29 is 14.3 Å². The van der Waals surface area contributed by atoms with Gasteiger partial charge in [0.05, 0.1) is 0 Å². The molecular weight excluding hydrogens is 448 g/mol. The molecule has 1 unspecified atom stereocenters. The van der Waals surface area contributed by atoms with Crippen LogP contribution in [0.2, 0.25) is 5.02 Å². The van der Waals surface area contributed by atoms with Crippen LogP contribution in [0.1, 0.15) is 29.2 Å². The van der Waals surface area contributed by atoms with Gasteiger partial charge in [0.15, 0.2) is 6.61 Å². The number of benzene rings is 3. The summed E-state index contributed by atoms with van der Waals surface area (Å²) in [5, 5.41) is 3.47. The zero-order chi connectivity index (χ0) is 24.5. The summed E-state index contributed by atoms with van der Waals surface area (Å²) in [6.45, 7) is 6.33. The third-order valence-electron chi connectivity index (χ3n) is 5.56. The van der Waals surface area contributed by atoms with E-state index in [1.807, 2.05) is 87.5 Å². The highest BCUT2D eigenvalue weighted by atomic mass is 35.5. The van der Waals surface area contributed by atoms with Crippen LogP contribution in [0.4, 0.5) is 0 Å². The second-order valence-corrected chi connectivity index (χ2v) is 8.75. The van der Waals surface area contributed by atoms with Gasteiger partial charge in [-0.15, -0.1) is 0 Å². The molecule has 0 bridgehead atoms. The molecule has 34 heavy (non-hydrogen) atoms. The molecule has 0 fully saturated rings. The van der Waals surface area contributed by atoms with Crippen molar-refractivity contribution in [3.05, 3.63) is 100 Å². The molecule has 6 heteroatoms. The van der Waals surface area contributed by atoms with Crippen LogP contribution in [0.15, 0.2) is 72.8 Å². The average Bonchev–Trinajstić information content (AvgIpc) is 2.82. The molecule has 0 aliphatic rings. The fourth-order valence-corrected chi connectivity index (χ4v) is 3.98. The predicted octanol–water partition coefficient (Wildman–Crippen LogP) is 5.11. The number of hydrogen-bond acceptors (Lipinski definition) is 3. The molecule has 0 spiro atoms. The Hall–Kier alpha value is -3.31. The first-order valence-electron chi connectivity index (χ1n) is 11.4. The molecule has 0 aromatic heterocycles. The molecular formula is C28H31ClN2O3. The smallest absolute Gasteiger partial charge is 0.261 e. The number of amides is 2. The highest BCUT2D eigenvalue weighted by Crippen LogP contribution is 2.21. The standard InChI is InChI=1S/C28H31ClN2O3/c1-4-30-28(33)25(17-22-9-6-5-7-10-22)31(18-23-11-8-12-24(29)16-23)27(32)19-34-26-15-20(2)13-14-21(26)3/h5-16,25H,4,17-19H2,1-3H3,(H,30,33).